The van der Waals surface area contributed by atoms with E-state index in [0.29, 0.717) is 10.8 Å². The normalized spacial score (nSPS) is 14.7. The summed E-state index contributed by atoms with van der Waals surface area (Å²) in [6.07, 6.45) is 1.80. The number of aryl methyl sites for hydroxylation is 1. The number of aromatic amines is 1. The Labute approximate surface area is 242 Å². The maximum Gasteiger partial charge on any atom is 0.245 e. The second-order valence-electron chi connectivity index (χ2n) is 10.1. The van der Waals surface area contributed by atoms with E-state index in [9.17, 15) is 13.2 Å². The second kappa shape index (κ2) is 11.5. The molecule has 0 radical (unpaired) electrons. The van der Waals surface area contributed by atoms with Crippen molar-refractivity contribution in [3.63, 3.8) is 0 Å². The molecule has 0 bridgehead atoms. The zero-order valence-electron chi connectivity index (χ0n) is 22.5. The molecule has 3 aromatic carbocycles. The summed E-state index contributed by atoms with van der Waals surface area (Å²) in [5.74, 6) is -0.612. The van der Waals surface area contributed by atoms with Crippen LogP contribution >= 0.6 is 11.3 Å². The van der Waals surface area contributed by atoms with E-state index in [4.69, 9.17) is 4.74 Å². The van der Waals surface area contributed by atoms with E-state index in [1.54, 1.807) is 30.5 Å². The van der Waals surface area contributed by atoms with E-state index in [0.717, 1.165) is 59.6 Å². The van der Waals surface area contributed by atoms with Crippen LogP contribution in [0.5, 0.6) is 0 Å². The Morgan fingerprint density at radius 3 is 2.54 bits per heavy atom. The van der Waals surface area contributed by atoms with Gasteiger partial charge >= 0.3 is 0 Å². The van der Waals surface area contributed by atoms with Gasteiger partial charge in [-0.15, -0.1) is 11.3 Å². The lowest BCUT2D eigenvalue weighted by Crippen LogP contribution is -2.37. The molecule has 2 N–H and O–H groups in total. The largest absolute Gasteiger partial charge is 0.378 e. The molecule has 2 aromatic heterocycles. The smallest absolute Gasteiger partial charge is 0.245 e. The Balaban J connectivity index is 1.25. The van der Waals surface area contributed by atoms with Crippen LogP contribution < -0.4 is 10.2 Å². The average molecular weight is 587 g/mol. The van der Waals surface area contributed by atoms with E-state index in [1.165, 1.54) is 11.3 Å². The highest BCUT2D eigenvalue weighted by Gasteiger charge is 2.35. The summed E-state index contributed by atoms with van der Waals surface area (Å²) in [5, 5.41) is 4.56. The van der Waals surface area contributed by atoms with Gasteiger partial charge in [-0.25, -0.2) is 13.4 Å². The van der Waals surface area contributed by atoms with E-state index >= 15 is 0 Å². The van der Waals surface area contributed by atoms with Crippen molar-refractivity contribution in [2.45, 2.75) is 23.5 Å². The molecule has 1 atom stereocenters. The number of ether oxygens (including phenoxy) is 1. The lowest BCUT2D eigenvalue weighted by Gasteiger charge is -2.28. The van der Waals surface area contributed by atoms with Crippen LogP contribution in [0.15, 0.2) is 89.3 Å². The number of H-pyrrole nitrogens is 1. The minimum Gasteiger partial charge on any atom is -0.378 e. The van der Waals surface area contributed by atoms with Gasteiger partial charge in [0.15, 0.2) is 15.0 Å². The quantitative estimate of drug-likeness (QED) is 0.250. The fourth-order valence-corrected chi connectivity index (χ4v) is 7.36. The van der Waals surface area contributed by atoms with Crippen LogP contribution in [0.3, 0.4) is 0 Å². The number of hydrogen-bond acceptors (Lipinski definition) is 7. The average Bonchev–Trinajstić information content (AvgIpc) is 3.64. The fourth-order valence-electron chi connectivity index (χ4n) is 5.05. The third-order valence-electron chi connectivity index (χ3n) is 7.37. The Bertz CT molecular complexity index is 1770. The minimum absolute atomic E-state index is 0.0211. The van der Waals surface area contributed by atoms with Gasteiger partial charge in [-0.1, -0.05) is 48.0 Å². The zero-order valence-corrected chi connectivity index (χ0v) is 24.2. The number of para-hydroxylation sites is 1. The van der Waals surface area contributed by atoms with Crippen molar-refractivity contribution in [3.05, 3.63) is 95.5 Å². The first kappa shape index (κ1) is 27.2. The molecule has 1 unspecified atom stereocenters. The predicted octanol–water partition coefficient (Wildman–Crippen LogP) is 5.46. The molecule has 210 valence electrons. The van der Waals surface area contributed by atoms with Gasteiger partial charge in [0.25, 0.3) is 0 Å². The Kier molecular flexibility index (Phi) is 7.61. The van der Waals surface area contributed by atoms with Gasteiger partial charge < -0.3 is 19.9 Å². The summed E-state index contributed by atoms with van der Waals surface area (Å²) >= 11 is 1.27. The first-order valence-electron chi connectivity index (χ1n) is 13.4. The molecule has 0 aliphatic carbocycles. The number of sulfone groups is 1. The number of aromatic nitrogens is 2. The van der Waals surface area contributed by atoms with Gasteiger partial charge in [-0.2, -0.15) is 0 Å². The number of benzene rings is 3. The molecule has 10 heteroatoms. The number of rotatable bonds is 8. The molecule has 5 aromatic rings. The number of amides is 1. The van der Waals surface area contributed by atoms with Crippen LogP contribution in [-0.4, -0.2) is 55.8 Å². The van der Waals surface area contributed by atoms with Crippen molar-refractivity contribution in [1.82, 2.24) is 9.97 Å². The van der Waals surface area contributed by atoms with Crippen molar-refractivity contribution in [2.24, 2.45) is 0 Å². The van der Waals surface area contributed by atoms with Crippen LogP contribution in [0.1, 0.15) is 11.1 Å². The van der Waals surface area contributed by atoms with E-state index in [1.807, 2.05) is 48.7 Å². The number of hydrogen-bond donors (Lipinski definition) is 2. The number of carbonyl (C=O) groups excluding carboxylic acids is 1. The molecule has 8 nitrogen and oxygen atoms in total. The maximum absolute atomic E-state index is 13.8. The summed E-state index contributed by atoms with van der Waals surface area (Å²) in [4.78, 5) is 23.9. The lowest BCUT2D eigenvalue weighted by molar-refractivity contribution is -0.115. The molecule has 1 aliphatic rings. The standard InChI is InChI=1S/C31H30N4O4S2/c1-21-6-12-25(13-7-21)41(37,38)29(18-23-19-32-27-5-3-2-4-26(23)27)30(36)34-31-33-28(20-40-31)22-8-10-24(11-9-22)35-14-16-39-17-15-35/h2-13,19-20,29,32H,14-18H2,1H3,(H,33,34,36). The van der Waals surface area contributed by atoms with Gasteiger partial charge in [0.05, 0.1) is 23.8 Å². The molecular formula is C31H30N4O4S2. The Morgan fingerprint density at radius 1 is 1.05 bits per heavy atom. The van der Waals surface area contributed by atoms with E-state index < -0.39 is 21.0 Å². The summed E-state index contributed by atoms with van der Waals surface area (Å²) in [5.41, 5.74) is 5.35. The molecule has 6 rings (SSSR count). The number of fused-ring (bicyclic) bond motifs is 1. The highest BCUT2D eigenvalue weighted by Crippen LogP contribution is 2.29. The van der Waals surface area contributed by atoms with Gasteiger partial charge in [-0.05, 0) is 42.8 Å². The molecule has 1 fully saturated rings. The molecule has 1 saturated heterocycles. The number of thiazole rings is 1. The first-order chi connectivity index (χ1) is 19.9. The number of carbonyl (C=O) groups is 1. The van der Waals surface area contributed by atoms with Crippen molar-refractivity contribution in [1.29, 1.82) is 0 Å². The number of nitrogens with zero attached hydrogens (tertiary/aromatic N) is 2. The second-order valence-corrected chi connectivity index (χ2v) is 13.1. The molecule has 3 heterocycles. The Hall–Kier alpha value is -3.99. The third-order valence-corrected chi connectivity index (χ3v) is 10.2. The van der Waals surface area contributed by atoms with Crippen LogP contribution in [0, 0.1) is 6.92 Å². The molecule has 0 spiro atoms. The molecule has 41 heavy (non-hydrogen) atoms. The predicted molar refractivity (Wildman–Crippen MR) is 163 cm³/mol. The summed E-state index contributed by atoms with van der Waals surface area (Å²) < 4.78 is 33.1. The fraction of sp³-hybridized carbons (Fsp3) is 0.226. The molecule has 0 saturated carbocycles. The van der Waals surface area contributed by atoms with Gasteiger partial charge in [0, 0.05) is 53.2 Å². The van der Waals surface area contributed by atoms with Crippen molar-refractivity contribution >= 4 is 48.8 Å². The lowest BCUT2D eigenvalue weighted by atomic mass is 10.1. The topological polar surface area (TPSA) is 104 Å². The van der Waals surface area contributed by atoms with Gasteiger partial charge in [0.1, 0.15) is 5.25 Å². The van der Waals surface area contributed by atoms with Crippen molar-refractivity contribution in [2.75, 3.05) is 36.5 Å². The first-order valence-corrected chi connectivity index (χ1v) is 15.9. The summed E-state index contributed by atoms with van der Waals surface area (Å²) in [6.45, 7) is 5.05. The number of morpholine rings is 1. The van der Waals surface area contributed by atoms with Crippen molar-refractivity contribution < 1.29 is 17.9 Å². The van der Waals surface area contributed by atoms with Gasteiger partial charge in [0.2, 0.25) is 5.91 Å². The minimum atomic E-state index is -4.01. The monoisotopic (exact) mass is 586 g/mol. The summed E-state index contributed by atoms with van der Waals surface area (Å²) in [6, 6.07) is 22.4. The Morgan fingerprint density at radius 2 is 1.78 bits per heavy atom. The molecular weight excluding hydrogens is 556 g/mol. The van der Waals surface area contributed by atoms with Gasteiger partial charge in [-0.3, -0.25) is 4.79 Å². The van der Waals surface area contributed by atoms with Crippen molar-refractivity contribution in [3.8, 4) is 11.3 Å². The van der Waals surface area contributed by atoms with Crippen LogP contribution in [0.4, 0.5) is 10.8 Å². The number of nitrogens with one attached hydrogen (secondary N) is 2. The highest BCUT2D eigenvalue weighted by atomic mass is 32.2. The van der Waals surface area contributed by atoms with Crippen LogP contribution in [0.25, 0.3) is 22.2 Å². The SMILES string of the molecule is Cc1ccc(S(=O)(=O)C(Cc2c[nH]c3ccccc23)C(=O)Nc2nc(-c3ccc(N4CCOCC4)cc3)cs2)cc1. The third kappa shape index (κ3) is 5.76. The maximum atomic E-state index is 13.8. The van der Waals surface area contributed by atoms with Crippen LogP contribution in [0.2, 0.25) is 0 Å². The number of anilines is 2. The van der Waals surface area contributed by atoms with E-state index in [-0.39, 0.29) is 11.3 Å². The van der Waals surface area contributed by atoms with E-state index in [2.05, 4.69) is 32.3 Å². The molecule has 1 aliphatic heterocycles. The highest BCUT2D eigenvalue weighted by molar-refractivity contribution is 7.92. The molecule has 1 amide bonds. The summed E-state index contributed by atoms with van der Waals surface area (Å²) in [7, 11) is -4.01. The van der Waals surface area contributed by atoms with Crippen LogP contribution in [-0.2, 0) is 25.8 Å². The zero-order chi connectivity index (χ0) is 28.4.